The molecule has 2 N–H and O–H groups in total. The number of amides is 2. The third-order valence-corrected chi connectivity index (χ3v) is 3.68. The van der Waals surface area contributed by atoms with Crippen LogP contribution in [0.25, 0.3) is 0 Å². The zero-order chi connectivity index (χ0) is 16.8. The molecule has 1 heterocycles. The van der Waals surface area contributed by atoms with Crippen molar-refractivity contribution < 1.29 is 19.4 Å². The lowest BCUT2D eigenvalue weighted by molar-refractivity contribution is -0.137. The van der Waals surface area contributed by atoms with Gasteiger partial charge in [-0.3, -0.25) is 14.5 Å². The Hall–Kier alpha value is -2.34. The Bertz CT molecular complexity index is 591. The third kappa shape index (κ3) is 4.10. The lowest BCUT2D eigenvalue weighted by atomic mass is 10.2. The van der Waals surface area contributed by atoms with E-state index in [0.29, 0.717) is 5.69 Å². The van der Waals surface area contributed by atoms with Crippen molar-refractivity contribution in [3.63, 3.8) is 0 Å². The van der Waals surface area contributed by atoms with Crippen molar-refractivity contribution in [3.05, 3.63) is 36.0 Å². The minimum Gasteiger partial charge on any atom is -0.490 e. The fourth-order valence-corrected chi connectivity index (χ4v) is 2.33. The summed E-state index contributed by atoms with van der Waals surface area (Å²) in [6, 6.07) is 7.25. The molecule has 0 unspecified atom stereocenters. The standard InChI is InChI=1S/C17H22N2O4/c1-3-13(4-2)23-14-7-5-12(6-8-14)18-15-11-16(21)19(9-10-20)17(15)22/h5-8,11,13,18,20H,3-4,9-10H2,1-2H3. The molecule has 0 saturated carbocycles. The highest BCUT2D eigenvalue weighted by molar-refractivity contribution is 6.17. The summed E-state index contributed by atoms with van der Waals surface area (Å²) < 4.78 is 5.83. The SMILES string of the molecule is CCC(CC)Oc1ccc(NC2=CC(=O)N(CCO)C2=O)cc1. The summed E-state index contributed by atoms with van der Waals surface area (Å²) in [6.45, 7) is 3.91. The van der Waals surface area contributed by atoms with Crippen molar-refractivity contribution in [1.29, 1.82) is 0 Å². The first-order valence-electron chi connectivity index (χ1n) is 7.81. The average Bonchev–Trinajstić information content (AvgIpc) is 2.82. The number of rotatable bonds is 8. The Kier molecular flexibility index (Phi) is 5.76. The first-order chi connectivity index (χ1) is 11.1. The van der Waals surface area contributed by atoms with Crippen LogP contribution in [0.4, 0.5) is 5.69 Å². The largest absolute Gasteiger partial charge is 0.490 e. The summed E-state index contributed by atoms with van der Waals surface area (Å²) in [6.07, 6.45) is 3.33. The molecule has 1 aromatic carbocycles. The molecule has 23 heavy (non-hydrogen) atoms. The first-order valence-corrected chi connectivity index (χ1v) is 7.81. The molecule has 0 saturated heterocycles. The molecule has 0 aromatic heterocycles. The summed E-state index contributed by atoms with van der Waals surface area (Å²) in [5.74, 6) is -0.0735. The third-order valence-electron chi connectivity index (χ3n) is 3.68. The Morgan fingerprint density at radius 3 is 2.39 bits per heavy atom. The summed E-state index contributed by atoms with van der Waals surface area (Å²) in [5, 5.41) is 11.8. The zero-order valence-electron chi connectivity index (χ0n) is 13.4. The predicted octanol–water partition coefficient (Wildman–Crippen LogP) is 1.91. The summed E-state index contributed by atoms with van der Waals surface area (Å²) in [5.41, 5.74) is 0.900. The molecular weight excluding hydrogens is 296 g/mol. The van der Waals surface area contributed by atoms with E-state index in [1.165, 1.54) is 6.08 Å². The van der Waals surface area contributed by atoms with Crippen LogP contribution in [0.5, 0.6) is 5.75 Å². The molecule has 0 aliphatic carbocycles. The summed E-state index contributed by atoms with van der Waals surface area (Å²) in [4.78, 5) is 24.7. The summed E-state index contributed by atoms with van der Waals surface area (Å²) in [7, 11) is 0. The molecule has 1 aliphatic heterocycles. The Morgan fingerprint density at radius 1 is 1.17 bits per heavy atom. The van der Waals surface area contributed by atoms with Gasteiger partial charge in [0.2, 0.25) is 0 Å². The monoisotopic (exact) mass is 318 g/mol. The van der Waals surface area contributed by atoms with E-state index in [9.17, 15) is 9.59 Å². The van der Waals surface area contributed by atoms with E-state index >= 15 is 0 Å². The van der Waals surface area contributed by atoms with Crippen LogP contribution in [0.1, 0.15) is 26.7 Å². The van der Waals surface area contributed by atoms with Gasteiger partial charge in [0.15, 0.2) is 0 Å². The van der Waals surface area contributed by atoms with Crippen molar-refractivity contribution in [1.82, 2.24) is 4.90 Å². The number of β-amino-alcohol motifs (C(OH)–C–C–N with tert-alkyl or cyclic N) is 1. The molecule has 124 valence electrons. The number of carbonyl (C=O) groups excluding carboxylic acids is 2. The molecule has 0 fully saturated rings. The van der Waals surface area contributed by atoms with Crippen molar-refractivity contribution in [2.24, 2.45) is 0 Å². The maximum absolute atomic E-state index is 12.0. The Balaban J connectivity index is 2.00. The molecule has 0 atom stereocenters. The van der Waals surface area contributed by atoms with E-state index in [1.807, 2.05) is 12.1 Å². The minimum absolute atomic E-state index is 0.00154. The quantitative estimate of drug-likeness (QED) is 0.716. The number of anilines is 1. The summed E-state index contributed by atoms with van der Waals surface area (Å²) >= 11 is 0. The van der Waals surface area contributed by atoms with Gasteiger partial charge in [0.1, 0.15) is 11.4 Å². The van der Waals surface area contributed by atoms with Crippen LogP contribution in [0.15, 0.2) is 36.0 Å². The normalized spacial score (nSPS) is 14.4. The smallest absolute Gasteiger partial charge is 0.277 e. The number of nitrogens with zero attached hydrogens (tertiary/aromatic N) is 1. The molecule has 0 spiro atoms. The maximum atomic E-state index is 12.0. The van der Waals surface area contributed by atoms with Gasteiger partial charge in [0.05, 0.1) is 19.3 Å². The van der Waals surface area contributed by atoms with Gasteiger partial charge in [-0.2, -0.15) is 0 Å². The van der Waals surface area contributed by atoms with Crippen molar-refractivity contribution in [3.8, 4) is 5.75 Å². The minimum atomic E-state index is -0.429. The molecule has 2 amide bonds. The average molecular weight is 318 g/mol. The zero-order valence-corrected chi connectivity index (χ0v) is 13.4. The van der Waals surface area contributed by atoms with Crippen LogP contribution in [0, 0.1) is 0 Å². The van der Waals surface area contributed by atoms with Gasteiger partial charge < -0.3 is 15.2 Å². The van der Waals surface area contributed by atoms with Crippen LogP contribution < -0.4 is 10.1 Å². The number of imide groups is 1. The number of hydrogen-bond acceptors (Lipinski definition) is 5. The second kappa shape index (κ2) is 7.78. The second-order valence-electron chi connectivity index (χ2n) is 5.28. The van der Waals surface area contributed by atoms with E-state index in [1.54, 1.807) is 12.1 Å². The van der Waals surface area contributed by atoms with Crippen LogP contribution >= 0.6 is 0 Å². The topological polar surface area (TPSA) is 78.9 Å². The lowest BCUT2D eigenvalue weighted by Crippen LogP contribution is -2.34. The second-order valence-corrected chi connectivity index (χ2v) is 5.28. The van der Waals surface area contributed by atoms with Gasteiger partial charge in [-0.25, -0.2) is 0 Å². The van der Waals surface area contributed by atoms with Gasteiger partial charge in [0.25, 0.3) is 11.8 Å². The lowest BCUT2D eigenvalue weighted by Gasteiger charge is -2.16. The fourth-order valence-electron chi connectivity index (χ4n) is 2.33. The molecule has 1 aliphatic rings. The number of benzene rings is 1. The maximum Gasteiger partial charge on any atom is 0.277 e. The molecule has 1 aromatic rings. The number of aliphatic hydroxyl groups is 1. The highest BCUT2D eigenvalue weighted by Crippen LogP contribution is 2.21. The van der Waals surface area contributed by atoms with Gasteiger partial charge in [-0.05, 0) is 37.1 Å². The highest BCUT2D eigenvalue weighted by Gasteiger charge is 2.30. The first kappa shape index (κ1) is 17.0. The van der Waals surface area contributed by atoms with Crippen LogP contribution in [0.2, 0.25) is 0 Å². The van der Waals surface area contributed by atoms with Crippen molar-refractivity contribution in [2.75, 3.05) is 18.5 Å². The molecule has 6 heteroatoms. The fraction of sp³-hybridized carbons (Fsp3) is 0.412. The van der Waals surface area contributed by atoms with E-state index in [4.69, 9.17) is 9.84 Å². The van der Waals surface area contributed by atoms with E-state index in [0.717, 1.165) is 23.5 Å². The number of aliphatic hydroxyl groups excluding tert-OH is 1. The van der Waals surface area contributed by atoms with Gasteiger partial charge in [0, 0.05) is 11.8 Å². The Morgan fingerprint density at radius 2 is 1.83 bits per heavy atom. The van der Waals surface area contributed by atoms with Crippen molar-refractivity contribution >= 4 is 17.5 Å². The molecule has 6 nitrogen and oxygen atoms in total. The van der Waals surface area contributed by atoms with Gasteiger partial charge in [-0.15, -0.1) is 0 Å². The van der Waals surface area contributed by atoms with Gasteiger partial charge in [-0.1, -0.05) is 13.8 Å². The number of carbonyl (C=O) groups is 2. The predicted molar refractivity (Wildman–Crippen MR) is 87.0 cm³/mol. The van der Waals surface area contributed by atoms with E-state index < -0.39 is 11.8 Å². The Labute approximate surface area is 135 Å². The molecule has 2 rings (SSSR count). The van der Waals surface area contributed by atoms with Crippen LogP contribution in [-0.2, 0) is 9.59 Å². The molecule has 0 radical (unpaired) electrons. The highest BCUT2D eigenvalue weighted by atomic mass is 16.5. The van der Waals surface area contributed by atoms with E-state index in [-0.39, 0.29) is 25.0 Å². The van der Waals surface area contributed by atoms with Crippen LogP contribution in [-0.4, -0.2) is 41.1 Å². The van der Waals surface area contributed by atoms with E-state index in [2.05, 4.69) is 19.2 Å². The van der Waals surface area contributed by atoms with Crippen molar-refractivity contribution in [2.45, 2.75) is 32.8 Å². The number of hydrogen-bond donors (Lipinski definition) is 2. The van der Waals surface area contributed by atoms with Gasteiger partial charge >= 0.3 is 0 Å². The molecule has 0 bridgehead atoms. The van der Waals surface area contributed by atoms with Crippen LogP contribution in [0.3, 0.4) is 0 Å². The molecular formula is C17H22N2O4. The number of ether oxygens (including phenoxy) is 1. The number of nitrogens with one attached hydrogen (secondary N) is 1.